The Kier molecular flexibility index (Phi) is 7.40. The highest BCUT2D eigenvalue weighted by molar-refractivity contribution is 5.80. The molecule has 0 bridgehead atoms. The molecule has 4 nitrogen and oxygen atoms in total. The minimum Gasteiger partial charge on any atom is -0.356 e. The van der Waals surface area contributed by atoms with E-state index in [4.69, 9.17) is 0 Å². The van der Waals surface area contributed by atoms with Crippen LogP contribution >= 0.6 is 0 Å². The van der Waals surface area contributed by atoms with Crippen LogP contribution in [0.1, 0.15) is 32.3 Å². The molecule has 0 heterocycles. The van der Waals surface area contributed by atoms with Crippen LogP contribution in [0.3, 0.4) is 0 Å². The number of carbonyl (C=O) groups excluding carboxylic acids is 2. The van der Waals surface area contributed by atoms with Gasteiger partial charge < -0.3 is 10.6 Å². The summed E-state index contributed by atoms with van der Waals surface area (Å²) in [6.07, 6.45) is 1.67. The van der Waals surface area contributed by atoms with Crippen LogP contribution in [0.5, 0.6) is 0 Å². The average Bonchev–Trinajstić information content (AvgIpc) is 2.39. The molecule has 0 aliphatic carbocycles. The predicted molar refractivity (Wildman–Crippen MR) is 80.2 cm³/mol. The zero-order valence-corrected chi connectivity index (χ0v) is 12.3. The molecule has 0 atom stereocenters. The summed E-state index contributed by atoms with van der Waals surface area (Å²) in [4.78, 5) is 23.2. The normalized spacial score (nSPS) is 10.3. The van der Waals surface area contributed by atoms with Crippen LogP contribution in [0, 0.1) is 5.92 Å². The molecule has 0 aliphatic rings. The van der Waals surface area contributed by atoms with Gasteiger partial charge in [-0.15, -0.1) is 0 Å². The summed E-state index contributed by atoms with van der Waals surface area (Å²) in [6, 6.07) is 9.56. The molecule has 0 aliphatic heterocycles. The zero-order chi connectivity index (χ0) is 14.8. The molecule has 0 unspecified atom stereocenters. The first-order valence-electron chi connectivity index (χ1n) is 7.15. The molecule has 20 heavy (non-hydrogen) atoms. The molecule has 0 aromatic heterocycles. The van der Waals surface area contributed by atoms with E-state index < -0.39 is 0 Å². The first-order chi connectivity index (χ1) is 9.58. The van der Waals surface area contributed by atoms with Crippen molar-refractivity contribution in [1.82, 2.24) is 10.6 Å². The fourth-order valence-corrected chi connectivity index (χ4v) is 1.75. The number of carbonyl (C=O) groups is 2. The van der Waals surface area contributed by atoms with Gasteiger partial charge in [-0.3, -0.25) is 9.59 Å². The lowest BCUT2D eigenvalue weighted by molar-refractivity contribution is -0.122. The Labute approximate surface area is 121 Å². The molecule has 0 saturated heterocycles. The second-order valence-electron chi connectivity index (χ2n) is 5.29. The topological polar surface area (TPSA) is 58.2 Å². The third kappa shape index (κ3) is 7.56. The summed E-state index contributed by atoms with van der Waals surface area (Å²) in [5.74, 6) is 0.526. The number of hydrogen-bond donors (Lipinski definition) is 2. The van der Waals surface area contributed by atoms with Crippen molar-refractivity contribution in [1.29, 1.82) is 0 Å². The van der Waals surface area contributed by atoms with Crippen LogP contribution < -0.4 is 10.6 Å². The third-order valence-electron chi connectivity index (χ3n) is 2.93. The molecule has 2 N–H and O–H groups in total. The highest BCUT2D eigenvalue weighted by Gasteiger charge is 2.05. The summed E-state index contributed by atoms with van der Waals surface area (Å²) in [5, 5.41) is 5.61. The first kappa shape index (κ1) is 16.2. The van der Waals surface area contributed by atoms with Crippen molar-refractivity contribution in [3.63, 3.8) is 0 Å². The Morgan fingerprint density at radius 3 is 2.30 bits per heavy atom. The lowest BCUT2D eigenvalue weighted by atomic mass is 10.1. The Bertz CT molecular complexity index is 416. The summed E-state index contributed by atoms with van der Waals surface area (Å²) in [7, 11) is 0. The van der Waals surface area contributed by atoms with E-state index in [2.05, 4.69) is 24.5 Å². The van der Waals surface area contributed by atoms with Gasteiger partial charge in [0.25, 0.3) is 0 Å². The molecule has 0 saturated carbocycles. The number of benzene rings is 1. The molecule has 4 heteroatoms. The Morgan fingerprint density at radius 2 is 1.65 bits per heavy atom. The quantitative estimate of drug-likeness (QED) is 0.762. The summed E-state index contributed by atoms with van der Waals surface area (Å²) < 4.78 is 0. The minimum absolute atomic E-state index is 0.00865. The van der Waals surface area contributed by atoms with E-state index in [1.54, 1.807) is 0 Å². The van der Waals surface area contributed by atoms with Gasteiger partial charge in [0.2, 0.25) is 11.8 Å². The smallest absolute Gasteiger partial charge is 0.224 e. The lowest BCUT2D eigenvalue weighted by Crippen LogP contribution is -2.32. The molecule has 110 valence electrons. The van der Waals surface area contributed by atoms with E-state index in [0.29, 0.717) is 31.8 Å². The van der Waals surface area contributed by atoms with Crippen molar-refractivity contribution in [2.75, 3.05) is 13.1 Å². The monoisotopic (exact) mass is 276 g/mol. The van der Waals surface area contributed by atoms with Crippen molar-refractivity contribution < 1.29 is 9.59 Å². The second kappa shape index (κ2) is 9.13. The van der Waals surface area contributed by atoms with Crippen LogP contribution in [-0.4, -0.2) is 24.9 Å². The summed E-state index contributed by atoms with van der Waals surface area (Å²) in [5.41, 5.74) is 0.978. The molecular weight excluding hydrogens is 252 g/mol. The van der Waals surface area contributed by atoms with Crippen LogP contribution in [0.25, 0.3) is 0 Å². The molecule has 1 aromatic carbocycles. The molecular formula is C16H24N2O2. The highest BCUT2D eigenvalue weighted by Crippen LogP contribution is 1.99. The average molecular weight is 276 g/mol. The molecule has 2 amide bonds. The maximum absolute atomic E-state index is 11.7. The molecule has 0 spiro atoms. The van der Waals surface area contributed by atoms with E-state index in [0.717, 1.165) is 12.0 Å². The van der Waals surface area contributed by atoms with E-state index in [-0.39, 0.29) is 11.8 Å². The van der Waals surface area contributed by atoms with Gasteiger partial charge in [-0.1, -0.05) is 44.2 Å². The Balaban J connectivity index is 2.11. The fraction of sp³-hybridized carbons (Fsp3) is 0.500. The maximum atomic E-state index is 11.7. The summed E-state index contributed by atoms with van der Waals surface area (Å²) in [6.45, 7) is 5.33. The number of hydrogen-bond acceptors (Lipinski definition) is 2. The summed E-state index contributed by atoms with van der Waals surface area (Å²) >= 11 is 0. The van der Waals surface area contributed by atoms with Crippen molar-refractivity contribution in [2.45, 2.75) is 33.1 Å². The predicted octanol–water partition coefficient (Wildman–Crippen LogP) is 1.90. The molecule has 1 rings (SSSR count). The van der Waals surface area contributed by atoms with Gasteiger partial charge in [0.15, 0.2) is 0 Å². The van der Waals surface area contributed by atoms with Crippen LogP contribution in [0.2, 0.25) is 0 Å². The number of nitrogens with one attached hydrogen (secondary N) is 2. The van der Waals surface area contributed by atoms with Gasteiger partial charge in [0.1, 0.15) is 0 Å². The number of amides is 2. The molecule has 1 aromatic rings. The van der Waals surface area contributed by atoms with Crippen molar-refractivity contribution >= 4 is 11.8 Å². The van der Waals surface area contributed by atoms with Crippen molar-refractivity contribution in [3.05, 3.63) is 35.9 Å². The van der Waals surface area contributed by atoms with Crippen molar-refractivity contribution in [2.24, 2.45) is 5.92 Å². The zero-order valence-electron chi connectivity index (χ0n) is 12.3. The van der Waals surface area contributed by atoms with Gasteiger partial charge >= 0.3 is 0 Å². The van der Waals surface area contributed by atoms with Crippen LogP contribution in [0.15, 0.2) is 30.3 Å². The fourth-order valence-electron chi connectivity index (χ4n) is 1.75. The van der Waals surface area contributed by atoms with Gasteiger partial charge in [0.05, 0.1) is 6.42 Å². The first-order valence-corrected chi connectivity index (χ1v) is 7.15. The van der Waals surface area contributed by atoms with Gasteiger partial charge in [0, 0.05) is 19.5 Å². The molecule has 0 radical (unpaired) electrons. The maximum Gasteiger partial charge on any atom is 0.224 e. The number of rotatable bonds is 8. The van der Waals surface area contributed by atoms with E-state index in [1.165, 1.54) is 0 Å². The Morgan fingerprint density at radius 1 is 1.00 bits per heavy atom. The third-order valence-corrected chi connectivity index (χ3v) is 2.93. The standard InChI is InChI=1S/C16H24N2O2/c1-13(2)8-10-17-15(19)9-11-18-16(20)12-14-6-4-3-5-7-14/h3-7,13H,8-12H2,1-2H3,(H,17,19)(H,18,20). The second-order valence-corrected chi connectivity index (χ2v) is 5.29. The van der Waals surface area contributed by atoms with Gasteiger partial charge in [-0.2, -0.15) is 0 Å². The van der Waals surface area contributed by atoms with E-state index >= 15 is 0 Å². The highest BCUT2D eigenvalue weighted by atomic mass is 16.2. The lowest BCUT2D eigenvalue weighted by Gasteiger charge is -2.08. The van der Waals surface area contributed by atoms with Gasteiger partial charge in [-0.25, -0.2) is 0 Å². The van der Waals surface area contributed by atoms with Crippen LogP contribution in [-0.2, 0) is 16.0 Å². The Hall–Kier alpha value is -1.84. The molecule has 0 fully saturated rings. The van der Waals surface area contributed by atoms with Crippen LogP contribution in [0.4, 0.5) is 0 Å². The SMILES string of the molecule is CC(C)CCNC(=O)CCNC(=O)Cc1ccccc1. The minimum atomic E-state index is -0.0498. The van der Waals surface area contributed by atoms with Crippen molar-refractivity contribution in [3.8, 4) is 0 Å². The largest absolute Gasteiger partial charge is 0.356 e. The van der Waals surface area contributed by atoms with Gasteiger partial charge in [-0.05, 0) is 17.9 Å². The van der Waals surface area contributed by atoms with E-state index in [1.807, 2.05) is 30.3 Å². The van der Waals surface area contributed by atoms with E-state index in [9.17, 15) is 9.59 Å².